The number of aliphatic hydroxyl groups excluding tert-OH is 2. The van der Waals surface area contributed by atoms with E-state index in [1.54, 1.807) is 44.7 Å². The second-order valence-corrected chi connectivity index (χ2v) is 16.2. The third kappa shape index (κ3) is 9.11. The molecule has 2 aromatic rings. The number of Topliss-reactive ketones (excluding diaryl/α,β-unsaturated/α-hetero) is 1. The van der Waals surface area contributed by atoms with Gasteiger partial charge in [-0.25, -0.2) is 0 Å². The third-order valence-electron chi connectivity index (χ3n) is 11.9. The first-order valence-electron chi connectivity index (χ1n) is 20.1. The van der Waals surface area contributed by atoms with E-state index in [-0.39, 0.29) is 56.6 Å². The fourth-order valence-electron chi connectivity index (χ4n) is 8.07. The van der Waals surface area contributed by atoms with Crippen LogP contribution in [-0.2, 0) is 33.3 Å². The number of nitrogens with zero attached hydrogens (tertiary/aromatic N) is 1. The minimum Gasteiger partial charge on any atom is -0.507 e. The van der Waals surface area contributed by atoms with Gasteiger partial charge in [0.05, 0.1) is 60.5 Å². The lowest BCUT2D eigenvalue weighted by Crippen LogP contribution is -2.48. The molecule has 10 atom stereocenters. The molecule has 4 aliphatic heterocycles. The molecule has 0 spiro atoms. The molecule has 5 bridgehead atoms. The molecule has 0 aliphatic carbocycles. The summed E-state index contributed by atoms with van der Waals surface area (Å²) in [5, 5.41) is 48.5. The van der Waals surface area contributed by atoms with Crippen LogP contribution in [0.5, 0.6) is 23.0 Å². The van der Waals surface area contributed by atoms with Gasteiger partial charge in [0, 0.05) is 73.8 Å². The van der Waals surface area contributed by atoms with Crippen molar-refractivity contribution in [2.24, 2.45) is 23.7 Å². The van der Waals surface area contributed by atoms with Crippen LogP contribution in [0, 0.1) is 30.6 Å². The Balaban J connectivity index is 1.66. The highest BCUT2D eigenvalue weighted by Gasteiger charge is 2.50. The second kappa shape index (κ2) is 18.6. The number of carbonyl (C=O) groups is 4. The number of nitrogens with one attached hydrogen (secondary N) is 1. The van der Waals surface area contributed by atoms with Crippen molar-refractivity contribution in [1.29, 1.82) is 0 Å². The Labute approximate surface area is 349 Å². The molecule has 328 valence electrons. The molecule has 5 N–H and O–H groups in total. The molecule has 4 heterocycles. The van der Waals surface area contributed by atoms with Crippen LogP contribution in [0.25, 0.3) is 10.8 Å². The highest BCUT2D eigenvalue weighted by atomic mass is 16.7. The second-order valence-electron chi connectivity index (χ2n) is 16.2. The first-order valence-corrected chi connectivity index (χ1v) is 20.1. The lowest BCUT2D eigenvalue weighted by molar-refractivity contribution is -0.160. The van der Waals surface area contributed by atoms with Crippen molar-refractivity contribution in [2.45, 2.75) is 98.6 Å². The number of methoxy groups -OCH3 is 1. The largest absolute Gasteiger partial charge is 0.507 e. The number of aromatic hydroxyl groups is 2. The zero-order valence-electron chi connectivity index (χ0n) is 35.8. The molecule has 0 saturated carbocycles. The molecule has 1 saturated heterocycles. The Hall–Kier alpha value is -5.16. The summed E-state index contributed by atoms with van der Waals surface area (Å²) < 4.78 is 35.3. The smallest absolute Gasteiger partial charge is 0.312 e. The van der Waals surface area contributed by atoms with Crippen molar-refractivity contribution in [3.8, 4) is 23.0 Å². The van der Waals surface area contributed by atoms with E-state index in [0.717, 1.165) is 0 Å². The summed E-state index contributed by atoms with van der Waals surface area (Å²) in [6.07, 6.45) is 3.57. The molecule has 16 heteroatoms. The van der Waals surface area contributed by atoms with Crippen LogP contribution in [0.15, 0.2) is 42.2 Å². The van der Waals surface area contributed by atoms with Gasteiger partial charge in [-0.05, 0) is 26.8 Å². The minimum atomic E-state index is -2.03. The lowest BCUT2D eigenvalue weighted by Gasteiger charge is -2.38. The maximum atomic E-state index is 14.5. The number of hydrogen-bond acceptors (Lipinski definition) is 14. The van der Waals surface area contributed by atoms with Crippen molar-refractivity contribution in [3.63, 3.8) is 0 Å². The molecular weight excluding hydrogens is 780 g/mol. The number of aliphatic hydroxyl groups is 2. The molecule has 0 aromatic heterocycles. The Kier molecular flexibility index (Phi) is 14.3. The number of ketones is 1. The predicted molar refractivity (Wildman–Crippen MR) is 220 cm³/mol. The predicted octanol–water partition coefficient (Wildman–Crippen LogP) is 4.67. The Morgan fingerprint density at radius 1 is 0.983 bits per heavy atom. The van der Waals surface area contributed by atoms with E-state index in [1.165, 1.54) is 59.3 Å². The van der Waals surface area contributed by atoms with Gasteiger partial charge >= 0.3 is 11.8 Å². The number of morpholine rings is 1. The van der Waals surface area contributed by atoms with Crippen molar-refractivity contribution < 1.29 is 68.0 Å². The number of hydrogen-bond donors (Lipinski definition) is 5. The van der Waals surface area contributed by atoms with Gasteiger partial charge in [0.1, 0.15) is 23.4 Å². The molecule has 6 rings (SSSR count). The average molecular weight is 839 g/mol. The van der Waals surface area contributed by atoms with E-state index in [2.05, 4.69) is 5.32 Å². The van der Waals surface area contributed by atoms with Crippen LogP contribution in [0.1, 0.15) is 71.3 Å². The summed E-state index contributed by atoms with van der Waals surface area (Å²) in [6, 6.07) is 1.03. The van der Waals surface area contributed by atoms with Gasteiger partial charge in [-0.3, -0.25) is 19.2 Å². The van der Waals surface area contributed by atoms with Gasteiger partial charge in [-0.15, -0.1) is 0 Å². The number of phenolic OH excluding ortho intramolecular Hbond substituents is 2. The van der Waals surface area contributed by atoms with Crippen LogP contribution < -0.4 is 14.8 Å². The molecule has 10 unspecified atom stereocenters. The fourth-order valence-corrected chi connectivity index (χ4v) is 8.07. The van der Waals surface area contributed by atoms with E-state index < -0.39 is 89.6 Å². The molecular formula is C44H58N2O14. The normalized spacial score (nSPS) is 31.5. The maximum Gasteiger partial charge on any atom is 0.312 e. The number of phenols is 2. The maximum absolute atomic E-state index is 14.5. The first kappa shape index (κ1) is 45.9. The molecule has 60 heavy (non-hydrogen) atoms. The number of esters is 1. The molecule has 16 nitrogen and oxygen atoms in total. The Morgan fingerprint density at radius 3 is 2.33 bits per heavy atom. The van der Waals surface area contributed by atoms with E-state index in [9.17, 15) is 39.6 Å². The summed E-state index contributed by atoms with van der Waals surface area (Å²) in [5.74, 6) is -8.10. The zero-order valence-corrected chi connectivity index (χ0v) is 35.8. The molecule has 0 radical (unpaired) electrons. The number of anilines is 1. The summed E-state index contributed by atoms with van der Waals surface area (Å²) in [7, 11) is 1.44. The number of fused-ring (bicyclic) bond motifs is 14. The average Bonchev–Trinajstić information content (AvgIpc) is 3.48. The van der Waals surface area contributed by atoms with Gasteiger partial charge in [-0.2, -0.15) is 0 Å². The van der Waals surface area contributed by atoms with Gasteiger partial charge in [-0.1, -0.05) is 45.9 Å². The van der Waals surface area contributed by atoms with Crippen LogP contribution in [0.3, 0.4) is 0 Å². The molecule has 4 aliphatic rings. The number of ether oxygens (including phenoxy) is 6. The highest BCUT2D eigenvalue weighted by molar-refractivity contribution is 6.21. The SMILES string of the molecule is COC1/C=C/OC2(C)Oc3c(C)c(O)c4c(O)c(cc(OCC(=O)N5CCOCC5C)c4c3C2=O)NC(=O)C(C)=C/C=C/C(C)C(O)C(C)C(O)C(C)C(OC(C)=O)C1C. The summed E-state index contributed by atoms with van der Waals surface area (Å²) in [4.78, 5) is 55.5. The standard InChI is InChI=1S/C44H58N2O14/c1-21-12-11-13-22(2)43(54)45-29-18-31(57-20-32(48)46-15-17-56-19-23(46)3)33-34(39(29)52)38(51)27(7)41-35(33)42(53)44(9,60-41)58-16-14-30(55-10)24(4)40(59-28(8)47)26(6)37(50)25(5)36(21)49/h11-14,16,18,21,23-26,30,36-37,40,49-52H,15,17,19-20H2,1-10H3,(H,45,54)/b12-11+,16-14+,22-13?. The van der Waals surface area contributed by atoms with Gasteiger partial charge in [0.2, 0.25) is 0 Å². The Bertz CT molecular complexity index is 2080. The summed E-state index contributed by atoms with van der Waals surface area (Å²) in [5.41, 5.74) is -0.0340. The van der Waals surface area contributed by atoms with Crippen molar-refractivity contribution in [2.75, 3.05) is 38.8 Å². The number of rotatable bonds is 5. The third-order valence-corrected chi connectivity index (χ3v) is 11.9. The van der Waals surface area contributed by atoms with Crippen LogP contribution in [0.2, 0.25) is 0 Å². The minimum absolute atomic E-state index is 0.0638. The van der Waals surface area contributed by atoms with Crippen molar-refractivity contribution in [3.05, 3.63) is 53.3 Å². The van der Waals surface area contributed by atoms with Crippen molar-refractivity contribution >= 4 is 40.0 Å². The summed E-state index contributed by atoms with van der Waals surface area (Å²) in [6.45, 7) is 14.9. The van der Waals surface area contributed by atoms with Gasteiger partial charge < -0.3 is 59.1 Å². The molecule has 2 aromatic carbocycles. The molecule has 1 fully saturated rings. The topological polar surface area (TPSA) is 220 Å². The zero-order chi connectivity index (χ0) is 44.4. The van der Waals surface area contributed by atoms with E-state index in [1.807, 2.05) is 6.92 Å². The van der Waals surface area contributed by atoms with Gasteiger partial charge in [0.15, 0.2) is 12.4 Å². The monoisotopic (exact) mass is 838 g/mol. The van der Waals surface area contributed by atoms with Crippen LogP contribution in [0.4, 0.5) is 5.69 Å². The highest BCUT2D eigenvalue weighted by Crippen LogP contribution is 2.54. The number of allylic oxidation sites excluding steroid dienone is 2. The number of amides is 2. The van der Waals surface area contributed by atoms with Crippen LogP contribution >= 0.6 is 0 Å². The van der Waals surface area contributed by atoms with E-state index in [0.29, 0.717) is 19.8 Å². The fraction of sp³-hybridized carbons (Fsp3) is 0.545. The molecule has 2 amide bonds. The van der Waals surface area contributed by atoms with E-state index in [4.69, 9.17) is 28.4 Å². The Morgan fingerprint density at radius 2 is 1.68 bits per heavy atom. The first-order chi connectivity index (χ1) is 28.2. The number of benzene rings is 2. The lowest BCUT2D eigenvalue weighted by atomic mass is 9.78. The van der Waals surface area contributed by atoms with Crippen LogP contribution in [-0.4, -0.2) is 119 Å². The quantitative estimate of drug-likeness (QED) is 0.204. The summed E-state index contributed by atoms with van der Waals surface area (Å²) >= 11 is 0. The van der Waals surface area contributed by atoms with E-state index >= 15 is 0 Å². The number of carbonyl (C=O) groups excluding carboxylic acids is 4. The van der Waals surface area contributed by atoms with Crippen molar-refractivity contribution in [1.82, 2.24) is 4.90 Å². The van der Waals surface area contributed by atoms with Gasteiger partial charge in [0.25, 0.3) is 17.6 Å².